The number of thioether (sulfide) groups is 1. The summed E-state index contributed by atoms with van der Waals surface area (Å²) in [6.07, 6.45) is 7.92. The Morgan fingerprint density at radius 1 is 1.19 bits per heavy atom. The number of imidazole rings is 1. The number of hydrogen-bond acceptors (Lipinski definition) is 9. The minimum atomic E-state index is -4.07. The molecule has 10 nitrogen and oxygen atoms in total. The van der Waals surface area contributed by atoms with Crippen LogP contribution in [0.2, 0.25) is 10.0 Å². The minimum Gasteiger partial charge on any atom is -0.489 e. The first-order valence-electron chi connectivity index (χ1n) is 13.3. The second-order valence-corrected chi connectivity index (χ2v) is 13.9. The second kappa shape index (κ2) is 13.6. The number of carbonyl (C=O) groups is 1. The first-order valence-corrected chi connectivity index (χ1v) is 16.6. The highest BCUT2D eigenvalue weighted by molar-refractivity contribution is 8.02. The van der Waals surface area contributed by atoms with Gasteiger partial charge in [-0.05, 0) is 48.4 Å². The Morgan fingerprint density at radius 2 is 1.93 bits per heavy atom. The van der Waals surface area contributed by atoms with Gasteiger partial charge in [0.05, 0.1) is 23.3 Å². The quantitative estimate of drug-likeness (QED) is 0.227. The maximum atomic E-state index is 13.3. The van der Waals surface area contributed by atoms with E-state index in [1.807, 2.05) is 0 Å². The Balaban J connectivity index is 1.40. The van der Waals surface area contributed by atoms with Gasteiger partial charge in [0.1, 0.15) is 0 Å². The van der Waals surface area contributed by atoms with Crippen LogP contribution in [0.15, 0.2) is 48.1 Å². The maximum Gasteiger partial charge on any atom is 0.387 e. The number of carbonyl (C=O) groups excluding carboxylic acids is 1. The van der Waals surface area contributed by atoms with Gasteiger partial charge in [0.25, 0.3) is 10.0 Å². The van der Waals surface area contributed by atoms with Gasteiger partial charge in [0.2, 0.25) is 5.16 Å². The number of sulfonamides is 1. The molecule has 0 amide bonds. The summed E-state index contributed by atoms with van der Waals surface area (Å²) < 4.78 is 71.4. The van der Waals surface area contributed by atoms with E-state index in [1.165, 1.54) is 35.4 Å². The van der Waals surface area contributed by atoms with Crippen LogP contribution in [0.5, 0.6) is 11.5 Å². The first-order chi connectivity index (χ1) is 20.5. The molecular weight excluding hydrogens is 649 g/mol. The van der Waals surface area contributed by atoms with Gasteiger partial charge in [0.15, 0.2) is 16.9 Å². The van der Waals surface area contributed by atoms with E-state index in [4.69, 9.17) is 32.7 Å². The van der Waals surface area contributed by atoms with Crippen LogP contribution >= 0.6 is 35.0 Å². The van der Waals surface area contributed by atoms with Gasteiger partial charge in [-0.25, -0.2) is 18.2 Å². The van der Waals surface area contributed by atoms with E-state index in [9.17, 15) is 22.0 Å². The lowest BCUT2D eigenvalue weighted by atomic mass is 9.92. The molecule has 5 rings (SSSR count). The molecule has 1 aliphatic carbocycles. The van der Waals surface area contributed by atoms with Crippen molar-refractivity contribution >= 4 is 51.0 Å². The Labute approximate surface area is 261 Å². The Morgan fingerprint density at radius 3 is 2.58 bits per heavy atom. The zero-order valence-corrected chi connectivity index (χ0v) is 26.0. The summed E-state index contributed by atoms with van der Waals surface area (Å²) in [7, 11) is -2.52. The van der Waals surface area contributed by atoms with E-state index in [1.54, 1.807) is 19.2 Å². The maximum absolute atomic E-state index is 13.3. The number of nitrogens with zero attached hydrogens (tertiary/aromatic N) is 4. The molecule has 2 aromatic heterocycles. The topological polar surface area (TPSA) is 113 Å². The van der Waals surface area contributed by atoms with Gasteiger partial charge < -0.3 is 18.8 Å². The number of aryl methyl sites for hydroxylation is 1. The molecule has 0 bridgehead atoms. The molecule has 0 unspecified atom stereocenters. The van der Waals surface area contributed by atoms with Crippen LogP contribution in [0.25, 0.3) is 0 Å². The lowest BCUT2D eigenvalue weighted by Crippen LogP contribution is -2.41. The van der Waals surface area contributed by atoms with Gasteiger partial charge in [-0.3, -0.25) is 4.98 Å². The van der Waals surface area contributed by atoms with E-state index in [2.05, 4.69) is 14.7 Å². The summed E-state index contributed by atoms with van der Waals surface area (Å²) in [5, 5.41) is -0.706. The van der Waals surface area contributed by atoms with Crippen molar-refractivity contribution in [3.63, 3.8) is 0 Å². The number of esters is 1. The predicted octanol–water partition coefficient (Wildman–Crippen LogP) is 5.15. The summed E-state index contributed by atoms with van der Waals surface area (Å²) in [6, 6.07) is 4.53. The van der Waals surface area contributed by atoms with Crippen LogP contribution in [0, 0.1) is 5.92 Å². The van der Waals surface area contributed by atoms with E-state index in [-0.39, 0.29) is 36.2 Å². The Hall–Kier alpha value is -2.65. The molecule has 43 heavy (non-hydrogen) atoms. The highest BCUT2D eigenvalue weighted by atomic mass is 35.5. The van der Waals surface area contributed by atoms with Crippen molar-refractivity contribution in [1.29, 1.82) is 0 Å². The molecule has 0 N–H and O–H groups in total. The standard InChI is InChI=1S/C27H28Cl2F2N4O6S2/c1-34-7-6-33-27(34)43(37,38)35-8-9-42-24(35)25(36)40-15-18(10-19-20(28)12-32-13-21(19)29)17-4-5-22(41-26(30)31)23(11-17)39-14-16-2-3-16/h4-7,11-13,16,18,24,26H,2-3,8-10,14-15H2,1H3/t18-,24+/m1/s1. The first kappa shape index (κ1) is 31.8. The number of benzene rings is 1. The molecule has 2 aliphatic rings. The van der Waals surface area contributed by atoms with E-state index in [0.29, 0.717) is 39.4 Å². The molecule has 2 fully saturated rings. The van der Waals surface area contributed by atoms with Crippen LogP contribution < -0.4 is 9.47 Å². The van der Waals surface area contributed by atoms with Crippen molar-refractivity contribution in [3.05, 3.63) is 64.2 Å². The molecule has 1 aromatic carbocycles. The van der Waals surface area contributed by atoms with Gasteiger partial charge in [-0.1, -0.05) is 29.3 Å². The van der Waals surface area contributed by atoms with Crippen molar-refractivity contribution in [2.45, 2.75) is 42.3 Å². The van der Waals surface area contributed by atoms with Crippen molar-refractivity contribution in [1.82, 2.24) is 18.8 Å². The number of aromatic nitrogens is 3. The average molecular weight is 678 g/mol. The van der Waals surface area contributed by atoms with Crippen molar-refractivity contribution in [2.75, 3.05) is 25.5 Å². The van der Waals surface area contributed by atoms with Gasteiger partial charge in [-0.15, -0.1) is 11.8 Å². The molecule has 2 atom stereocenters. The molecular formula is C27H28Cl2F2N4O6S2. The van der Waals surface area contributed by atoms with Crippen LogP contribution in [-0.2, 0) is 33.0 Å². The Kier molecular flexibility index (Phi) is 10.0. The molecule has 1 aliphatic heterocycles. The molecule has 0 radical (unpaired) electrons. The molecule has 16 heteroatoms. The van der Waals surface area contributed by atoms with E-state index < -0.39 is 33.9 Å². The van der Waals surface area contributed by atoms with Crippen molar-refractivity contribution in [3.8, 4) is 11.5 Å². The zero-order chi connectivity index (χ0) is 30.7. The summed E-state index contributed by atoms with van der Waals surface area (Å²) in [5.41, 5.74) is 1.13. The molecule has 3 aromatic rings. The highest BCUT2D eigenvalue weighted by Gasteiger charge is 2.43. The second-order valence-electron chi connectivity index (χ2n) is 10.1. The molecule has 0 spiro atoms. The van der Waals surface area contributed by atoms with Crippen LogP contribution in [-0.4, -0.2) is 70.7 Å². The molecule has 232 valence electrons. The number of pyridine rings is 1. The normalized spacial score (nSPS) is 18.1. The number of alkyl halides is 2. The van der Waals surface area contributed by atoms with Crippen LogP contribution in [0.4, 0.5) is 8.78 Å². The van der Waals surface area contributed by atoms with Crippen LogP contribution in [0.3, 0.4) is 0 Å². The summed E-state index contributed by atoms with van der Waals surface area (Å²) in [6.45, 7) is -2.78. The SMILES string of the molecule is Cn1ccnc1S(=O)(=O)N1CCS[C@H]1C(=O)OC[C@@H](Cc1c(Cl)cncc1Cl)c1ccc(OC(F)F)c(OCC2CC2)c1. The zero-order valence-electron chi connectivity index (χ0n) is 22.9. The number of rotatable bonds is 13. The van der Waals surface area contributed by atoms with Gasteiger partial charge in [-0.2, -0.15) is 13.1 Å². The van der Waals surface area contributed by atoms with Gasteiger partial charge in [0, 0.05) is 50.1 Å². The minimum absolute atomic E-state index is 0.110. The molecule has 1 saturated carbocycles. The fourth-order valence-corrected chi connectivity index (χ4v) is 8.23. The third-order valence-electron chi connectivity index (χ3n) is 7.02. The Bertz CT molecular complexity index is 1550. The fraction of sp³-hybridized carbons (Fsp3) is 0.444. The lowest BCUT2D eigenvalue weighted by Gasteiger charge is -2.24. The monoisotopic (exact) mass is 676 g/mol. The third kappa shape index (κ3) is 7.54. The smallest absolute Gasteiger partial charge is 0.387 e. The number of ether oxygens (including phenoxy) is 3. The molecule has 1 saturated heterocycles. The summed E-state index contributed by atoms with van der Waals surface area (Å²) in [5.74, 6) is -0.568. The summed E-state index contributed by atoms with van der Waals surface area (Å²) >= 11 is 13.9. The fourth-order valence-electron chi connectivity index (χ4n) is 4.58. The highest BCUT2D eigenvalue weighted by Crippen LogP contribution is 2.38. The number of halogens is 4. The van der Waals surface area contributed by atoms with Crippen molar-refractivity contribution < 1.29 is 36.2 Å². The lowest BCUT2D eigenvalue weighted by molar-refractivity contribution is -0.145. The predicted molar refractivity (Wildman–Crippen MR) is 156 cm³/mol. The largest absolute Gasteiger partial charge is 0.489 e. The van der Waals surface area contributed by atoms with E-state index in [0.717, 1.165) is 28.9 Å². The molecule has 3 heterocycles. The number of hydrogen-bond donors (Lipinski definition) is 0. The third-order valence-corrected chi connectivity index (χ3v) is 10.9. The average Bonchev–Trinajstić information content (AvgIpc) is 3.44. The van der Waals surface area contributed by atoms with E-state index >= 15 is 0 Å². The summed E-state index contributed by atoms with van der Waals surface area (Å²) in [4.78, 5) is 21.3. The van der Waals surface area contributed by atoms with Gasteiger partial charge >= 0.3 is 12.6 Å². The van der Waals surface area contributed by atoms with Crippen molar-refractivity contribution in [2.24, 2.45) is 13.0 Å². The van der Waals surface area contributed by atoms with Crippen LogP contribution in [0.1, 0.15) is 29.9 Å².